The lowest BCUT2D eigenvalue weighted by Gasteiger charge is -2.08. The molecule has 0 unspecified atom stereocenters. The van der Waals surface area contributed by atoms with Gasteiger partial charge in [-0.1, -0.05) is 11.8 Å². The van der Waals surface area contributed by atoms with Crippen LogP contribution in [0.15, 0.2) is 41.1 Å². The van der Waals surface area contributed by atoms with E-state index in [1.54, 1.807) is 43.5 Å². The molecule has 0 saturated carbocycles. The predicted octanol–water partition coefficient (Wildman–Crippen LogP) is 3.85. The molecular formula is C16H17N3O2S2. The van der Waals surface area contributed by atoms with E-state index < -0.39 is 0 Å². The number of methoxy groups -OCH3 is 2. The Kier molecular flexibility index (Phi) is 4.88. The number of ether oxygens (including phenoxy) is 2. The molecule has 0 bridgehead atoms. The number of nitrogens with zero attached hydrogens (tertiary/aromatic N) is 3. The van der Waals surface area contributed by atoms with Gasteiger partial charge in [-0.15, -0.1) is 11.3 Å². The number of thiazole rings is 1. The Balaban J connectivity index is 1.75. The maximum absolute atomic E-state index is 5.35. The second kappa shape index (κ2) is 7.06. The molecule has 3 aromatic rings. The highest BCUT2D eigenvalue weighted by molar-refractivity contribution is 7.98. The van der Waals surface area contributed by atoms with Crippen molar-refractivity contribution in [2.45, 2.75) is 10.9 Å². The molecule has 23 heavy (non-hydrogen) atoms. The third-order valence-corrected chi connectivity index (χ3v) is 5.34. The molecule has 120 valence electrons. The number of imidazole rings is 1. The molecule has 0 saturated heterocycles. The average molecular weight is 347 g/mol. The van der Waals surface area contributed by atoms with E-state index in [0.29, 0.717) is 5.75 Å². The molecule has 2 aromatic heterocycles. The molecule has 0 amide bonds. The van der Waals surface area contributed by atoms with Crippen molar-refractivity contribution in [1.29, 1.82) is 0 Å². The van der Waals surface area contributed by atoms with Gasteiger partial charge >= 0.3 is 0 Å². The molecule has 5 nitrogen and oxygen atoms in total. The van der Waals surface area contributed by atoms with Crippen LogP contribution in [-0.2, 0) is 12.8 Å². The topological polar surface area (TPSA) is 49.2 Å². The number of rotatable bonds is 6. The Morgan fingerprint density at radius 3 is 2.74 bits per heavy atom. The van der Waals surface area contributed by atoms with Gasteiger partial charge in [0.15, 0.2) is 16.7 Å². The molecule has 3 rings (SSSR count). The molecule has 1 aromatic carbocycles. The van der Waals surface area contributed by atoms with Crippen LogP contribution in [0, 0.1) is 0 Å². The largest absolute Gasteiger partial charge is 0.493 e. The van der Waals surface area contributed by atoms with E-state index in [1.807, 2.05) is 36.0 Å². The number of hydrogen-bond acceptors (Lipinski definition) is 6. The van der Waals surface area contributed by atoms with Crippen molar-refractivity contribution in [2.24, 2.45) is 7.05 Å². The number of hydrogen-bond donors (Lipinski definition) is 0. The third-order valence-electron chi connectivity index (χ3n) is 3.31. The molecular weight excluding hydrogens is 330 g/mol. The summed E-state index contributed by atoms with van der Waals surface area (Å²) in [5, 5.41) is 4.05. The first kappa shape index (κ1) is 15.9. The van der Waals surface area contributed by atoms with Gasteiger partial charge in [0, 0.05) is 36.1 Å². The molecule has 2 heterocycles. The zero-order chi connectivity index (χ0) is 16.2. The summed E-state index contributed by atoms with van der Waals surface area (Å²) in [7, 11) is 5.26. The fourth-order valence-electron chi connectivity index (χ4n) is 2.10. The summed E-state index contributed by atoms with van der Waals surface area (Å²) < 4.78 is 12.6. The third kappa shape index (κ3) is 3.51. The van der Waals surface area contributed by atoms with Crippen LogP contribution in [0.3, 0.4) is 0 Å². The molecule has 0 fully saturated rings. The van der Waals surface area contributed by atoms with E-state index in [9.17, 15) is 0 Å². The van der Waals surface area contributed by atoms with E-state index >= 15 is 0 Å². The Labute approximate surface area is 143 Å². The molecule has 0 aliphatic heterocycles. The van der Waals surface area contributed by atoms with E-state index in [-0.39, 0.29) is 0 Å². The van der Waals surface area contributed by atoms with E-state index in [2.05, 4.69) is 10.4 Å². The molecule has 0 aliphatic rings. The zero-order valence-electron chi connectivity index (χ0n) is 13.1. The van der Waals surface area contributed by atoms with Crippen LogP contribution in [0.2, 0.25) is 0 Å². The van der Waals surface area contributed by atoms with Gasteiger partial charge in [-0.2, -0.15) is 0 Å². The van der Waals surface area contributed by atoms with Crippen molar-refractivity contribution >= 4 is 23.1 Å². The van der Waals surface area contributed by atoms with Gasteiger partial charge in [0.25, 0.3) is 0 Å². The fraction of sp³-hybridized carbons (Fsp3) is 0.250. The highest BCUT2D eigenvalue weighted by Gasteiger charge is 2.10. The van der Waals surface area contributed by atoms with E-state index in [0.717, 1.165) is 32.9 Å². The first-order chi connectivity index (χ1) is 11.2. The van der Waals surface area contributed by atoms with Crippen molar-refractivity contribution in [3.63, 3.8) is 0 Å². The summed E-state index contributed by atoms with van der Waals surface area (Å²) in [6.07, 6.45) is 3.75. The minimum Gasteiger partial charge on any atom is -0.493 e. The fourth-order valence-corrected chi connectivity index (χ4v) is 3.85. The summed E-state index contributed by atoms with van der Waals surface area (Å²) in [5.74, 6) is 2.23. The van der Waals surface area contributed by atoms with Gasteiger partial charge in [-0.3, -0.25) is 0 Å². The maximum Gasteiger partial charge on any atom is 0.168 e. The molecule has 0 radical (unpaired) electrons. The Hall–Kier alpha value is -1.99. The van der Waals surface area contributed by atoms with Crippen LogP contribution >= 0.6 is 23.1 Å². The first-order valence-corrected chi connectivity index (χ1v) is 8.84. The Morgan fingerprint density at radius 2 is 2.04 bits per heavy atom. The zero-order valence-corrected chi connectivity index (χ0v) is 14.8. The van der Waals surface area contributed by atoms with Crippen molar-refractivity contribution in [2.75, 3.05) is 14.2 Å². The van der Waals surface area contributed by atoms with Crippen molar-refractivity contribution < 1.29 is 9.47 Å². The van der Waals surface area contributed by atoms with Gasteiger partial charge in [-0.05, 0) is 18.2 Å². The molecule has 0 atom stereocenters. The lowest BCUT2D eigenvalue weighted by molar-refractivity contribution is 0.355. The average Bonchev–Trinajstić information content (AvgIpc) is 3.21. The maximum atomic E-state index is 5.35. The van der Waals surface area contributed by atoms with Crippen molar-refractivity contribution in [1.82, 2.24) is 14.5 Å². The van der Waals surface area contributed by atoms with Gasteiger partial charge in [0.2, 0.25) is 0 Å². The second-order valence-corrected chi connectivity index (χ2v) is 6.62. The SMILES string of the molecule is COc1ccc(-c2nc(CSc3nccn3C)cs2)cc1OC. The summed E-state index contributed by atoms with van der Waals surface area (Å²) >= 11 is 3.31. The Bertz CT molecular complexity index is 798. The standard InChI is InChI=1S/C16H17N3O2S2/c1-19-7-6-17-16(19)23-10-12-9-22-15(18-12)11-4-5-13(20-2)14(8-11)21-3/h4-9H,10H2,1-3H3. The highest BCUT2D eigenvalue weighted by atomic mass is 32.2. The monoisotopic (exact) mass is 347 g/mol. The quantitative estimate of drug-likeness (QED) is 0.634. The normalized spacial score (nSPS) is 10.7. The van der Waals surface area contributed by atoms with Crippen LogP contribution in [0.4, 0.5) is 0 Å². The summed E-state index contributed by atoms with van der Waals surface area (Å²) in [6.45, 7) is 0. The number of aryl methyl sites for hydroxylation is 1. The molecule has 0 N–H and O–H groups in total. The van der Waals surface area contributed by atoms with Crippen molar-refractivity contribution in [3.8, 4) is 22.1 Å². The van der Waals surface area contributed by atoms with Crippen LogP contribution in [0.5, 0.6) is 11.5 Å². The van der Waals surface area contributed by atoms with Gasteiger partial charge in [0.05, 0.1) is 19.9 Å². The number of aromatic nitrogens is 3. The Morgan fingerprint density at radius 1 is 1.22 bits per heavy atom. The first-order valence-electron chi connectivity index (χ1n) is 6.98. The predicted molar refractivity (Wildman–Crippen MR) is 93.4 cm³/mol. The van der Waals surface area contributed by atoms with Gasteiger partial charge in [0.1, 0.15) is 5.01 Å². The van der Waals surface area contributed by atoms with Gasteiger partial charge < -0.3 is 14.0 Å². The highest BCUT2D eigenvalue weighted by Crippen LogP contribution is 2.34. The summed E-state index contributed by atoms with van der Waals surface area (Å²) in [5.41, 5.74) is 2.08. The van der Waals surface area contributed by atoms with E-state index in [1.165, 1.54) is 0 Å². The van der Waals surface area contributed by atoms with Crippen LogP contribution in [-0.4, -0.2) is 28.8 Å². The van der Waals surface area contributed by atoms with Crippen LogP contribution in [0.25, 0.3) is 10.6 Å². The van der Waals surface area contributed by atoms with E-state index in [4.69, 9.17) is 14.5 Å². The summed E-state index contributed by atoms with van der Waals surface area (Å²) in [4.78, 5) is 9.01. The smallest absolute Gasteiger partial charge is 0.168 e. The lowest BCUT2D eigenvalue weighted by atomic mass is 10.2. The van der Waals surface area contributed by atoms with Gasteiger partial charge in [-0.25, -0.2) is 9.97 Å². The second-order valence-electron chi connectivity index (χ2n) is 4.82. The lowest BCUT2D eigenvalue weighted by Crippen LogP contribution is -1.91. The molecule has 0 aliphatic carbocycles. The van der Waals surface area contributed by atoms with Crippen molar-refractivity contribution in [3.05, 3.63) is 41.7 Å². The number of thioether (sulfide) groups is 1. The van der Waals surface area contributed by atoms with Crippen LogP contribution in [0.1, 0.15) is 5.69 Å². The summed E-state index contributed by atoms with van der Waals surface area (Å²) in [6, 6.07) is 5.85. The van der Waals surface area contributed by atoms with Crippen LogP contribution < -0.4 is 9.47 Å². The minimum atomic E-state index is 0.712. The molecule has 7 heteroatoms. The molecule has 0 spiro atoms. The minimum absolute atomic E-state index is 0.712. The number of benzene rings is 1.